The van der Waals surface area contributed by atoms with Gasteiger partial charge in [0.05, 0.1) is 5.75 Å². The minimum atomic E-state index is 0.185. The summed E-state index contributed by atoms with van der Waals surface area (Å²) in [5.41, 5.74) is 0.861. The van der Waals surface area contributed by atoms with Crippen molar-refractivity contribution in [3.8, 4) is 0 Å². The summed E-state index contributed by atoms with van der Waals surface area (Å²) >= 11 is 14.0. The van der Waals surface area contributed by atoms with Gasteiger partial charge in [0.25, 0.3) is 0 Å². The summed E-state index contributed by atoms with van der Waals surface area (Å²) < 4.78 is 0.185. The number of halogens is 2. The quantitative estimate of drug-likeness (QED) is 0.748. The van der Waals surface area contributed by atoms with Crippen LogP contribution in [0.1, 0.15) is 45.5 Å². The van der Waals surface area contributed by atoms with Crippen LogP contribution in [0.5, 0.6) is 0 Å². The SMILES string of the molecule is CCCc1c(Cl)nc(CSC(C)(C)C)nc1Cl. The van der Waals surface area contributed by atoms with E-state index in [4.69, 9.17) is 23.2 Å². The monoisotopic (exact) mass is 292 g/mol. The molecule has 96 valence electrons. The molecule has 17 heavy (non-hydrogen) atoms. The van der Waals surface area contributed by atoms with E-state index in [1.165, 1.54) is 0 Å². The van der Waals surface area contributed by atoms with Gasteiger partial charge in [0.1, 0.15) is 16.1 Å². The van der Waals surface area contributed by atoms with E-state index in [-0.39, 0.29) is 4.75 Å². The number of hydrogen-bond acceptors (Lipinski definition) is 3. The Morgan fingerprint density at radius 1 is 1.12 bits per heavy atom. The zero-order valence-corrected chi connectivity index (χ0v) is 13.0. The second-order valence-corrected chi connectivity index (χ2v) is 7.37. The van der Waals surface area contributed by atoms with Gasteiger partial charge in [-0.05, 0) is 6.42 Å². The maximum atomic E-state index is 6.12. The molecule has 0 bridgehead atoms. The van der Waals surface area contributed by atoms with Crippen LogP contribution in [0.15, 0.2) is 0 Å². The molecule has 0 aliphatic heterocycles. The molecule has 0 aromatic carbocycles. The minimum Gasteiger partial charge on any atom is -0.220 e. The van der Waals surface area contributed by atoms with Gasteiger partial charge >= 0.3 is 0 Å². The molecule has 1 rings (SSSR count). The number of nitrogens with zero attached hydrogens (tertiary/aromatic N) is 2. The first-order valence-electron chi connectivity index (χ1n) is 5.68. The van der Waals surface area contributed by atoms with Crippen molar-refractivity contribution >= 4 is 35.0 Å². The van der Waals surface area contributed by atoms with E-state index in [2.05, 4.69) is 37.7 Å². The lowest BCUT2D eigenvalue weighted by Crippen LogP contribution is -2.09. The number of hydrogen-bond donors (Lipinski definition) is 0. The Kier molecular flexibility index (Phi) is 5.55. The van der Waals surface area contributed by atoms with E-state index in [1.807, 2.05) is 0 Å². The van der Waals surface area contributed by atoms with Gasteiger partial charge in [0, 0.05) is 10.3 Å². The first-order chi connectivity index (χ1) is 7.83. The summed E-state index contributed by atoms with van der Waals surface area (Å²) in [6, 6.07) is 0. The molecule has 0 spiro atoms. The minimum absolute atomic E-state index is 0.185. The number of aromatic nitrogens is 2. The summed E-state index contributed by atoms with van der Waals surface area (Å²) in [5.74, 6) is 1.44. The van der Waals surface area contributed by atoms with Crippen LogP contribution in [-0.2, 0) is 12.2 Å². The summed E-state index contributed by atoms with van der Waals surface area (Å²) in [7, 11) is 0. The highest BCUT2D eigenvalue weighted by atomic mass is 35.5. The molecule has 0 saturated carbocycles. The molecule has 1 aromatic heterocycles. The van der Waals surface area contributed by atoms with Crippen LogP contribution in [-0.4, -0.2) is 14.7 Å². The summed E-state index contributed by atoms with van der Waals surface area (Å²) in [6.45, 7) is 8.56. The van der Waals surface area contributed by atoms with E-state index in [0.717, 1.165) is 24.2 Å². The Balaban J connectivity index is 2.83. The van der Waals surface area contributed by atoms with Gasteiger partial charge < -0.3 is 0 Å². The van der Waals surface area contributed by atoms with Gasteiger partial charge in [-0.25, -0.2) is 9.97 Å². The number of thioether (sulfide) groups is 1. The average Bonchev–Trinajstić information content (AvgIpc) is 2.19. The van der Waals surface area contributed by atoms with Gasteiger partial charge in [-0.15, -0.1) is 11.8 Å². The molecule has 0 atom stereocenters. The van der Waals surface area contributed by atoms with Crippen LogP contribution in [0.2, 0.25) is 10.3 Å². The second-order valence-electron chi connectivity index (χ2n) is 4.85. The van der Waals surface area contributed by atoms with E-state index in [0.29, 0.717) is 16.1 Å². The van der Waals surface area contributed by atoms with Crippen molar-refractivity contribution in [2.45, 2.75) is 51.0 Å². The van der Waals surface area contributed by atoms with E-state index < -0.39 is 0 Å². The fourth-order valence-corrected chi connectivity index (χ4v) is 2.58. The molecular formula is C12H18Cl2N2S. The highest BCUT2D eigenvalue weighted by Gasteiger charge is 2.14. The molecule has 0 aliphatic rings. The van der Waals surface area contributed by atoms with Crippen LogP contribution in [0.4, 0.5) is 0 Å². The molecule has 0 N–H and O–H groups in total. The lowest BCUT2D eigenvalue weighted by atomic mass is 10.2. The fourth-order valence-electron chi connectivity index (χ4n) is 1.27. The normalized spacial score (nSPS) is 11.9. The average molecular weight is 293 g/mol. The standard InChI is InChI=1S/C12H18Cl2N2S/c1-5-6-8-10(13)15-9(16-11(8)14)7-17-12(2,3)4/h5-7H2,1-4H3. The molecule has 1 aromatic rings. The molecule has 5 heteroatoms. The van der Waals surface area contributed by atoms with Gasteiger partial charge in [-0.3, -0.25) is 0 Å². The van der Waals surface area contributed by atoms with Crippen LogP contribution in [0.3, 0.4) is 0 Å². The Labute approximate surface area is 118 Å². The van der Waals surface area contributed by atoms with E-state index in [9.17, 15) is 0 Å². The molecule has 0 amide bonds. The predicted octanol–water partition coefficient (Wildman–Crippen LogP) is 4.77. The molecular weight excluding hydrogens is 275 g/mol. The highest BCUT2D eigenvalue weighted by Crippen LogP contribution is 2.28. The second kappa shape index (κ2) is 6.26. The van der Waals surface area contributed by atoms with Gasteiger partial charge in [0.15, 0.2) is 0 Å². The molecule has 0 aliphatic carbocycles. The van der Waals surface area contributed by atoms with Crippen molar-refractivity contribution in [3.05, 3.63) is 21.7 Å². The maximum Gasteiger partial charge on any atom is 0.141 e. The number of rotatable bonds is 4. The van der Waals surface area contributed by atoms with Crippen molar-refractivity contribution in [2.24, 2.45) is 0 Å². The molecule has 0 radical (unpaired) electrons. The van der Waals surface area contributed by atoms with Crippen molar-refractivity contribution in [2.75, 3.05) is 0 Å². The van der Waals surface area contributed by atoms with Crippen LogP contribution >= 0.6 is 35.0 Å². The fraction of sp³-hybridized carbons (Fsp3) is 0.667. The summed E-state index contributed by atoms with van der Waals surface area (Å²) in [5, 5.41) is 0.993. The zero-order chi connectivity index (χ0) is 13.1. The smallest absolute Gasteiger partial charge is 0.141 e. The summed E-state index contributed by atoms with van der Waals surface area (Å²) in [4.78, 5) is 8.61. The molecule has 2 nitrogen and oxygen atoms in total. The Morgan fingerprint density at radius 3 is 2.06 bits per heavy atom. The largest absolute Gasteiger partial charge is 0.220 e. The van der Waals surface area contributed by atoms with Crippen molar-refractivity contribution < 1.29 is 0 Å². The van der Waals surface area contributed by atoms with Crippen LogP contribution < -0.4 is 0 Å². The van der Waals surface area contributed by atoms with Crippen molar-refractivity contribution in [1.29, 1.82) is 0 Å². The Bertz CT molecular complexity index is 366. The Morgan fingerprint density at radius 2 is 1.65 bits per heavy atom. The van der Waals surface area contributed by atoms with Gasteiger partial charge in [-0.2, -0.15) is 0 Å². The molecule has 1 heterocycles. The highest BCUT2D eigenvalue weighted by molar-refractivity contribution is 7.99. The topological polar surface area (TPSA) is 25.8 Å². The third-order valence-corrected chi connectivity index (χ3v) is 3.98. The molecule has 0 saturated heterocycles. The first-order valence-corrected chi connectivity index (χ1v) is 7.42. The van der Waals surface area contributed by atoms with Crippen molar-refractivity contribution in [3.63, 3.8) is 0 Å². The maximum absolute atomic E-state index is 6.12. The zero-order valence-electron chi connectivity index (χ0n) is 10.7. The first kappa shape index (κ1) is 15.1. The van der Waals surface area contributed by atoms with Crippen LogP contribution in [0.25, 0.3) is 0 Å². The van der Waals surface area contributed by atoms with Gasteiger partial charge in [-0.1, -0.05) is 57.3 Å². The third-order valence-electron chi connectivity index (χ3n) is 2.09. The lowest BCUT2D eigenvalue weighted by Gasteiger charge is -2.17. The van der Waals surface area contributed by atoms with Gasteiger partial charge in [0.2, 0.25) is 0 Å². The van der Waals surface area contributed by atoms with E-state index >= 15 is 0 Å². The van der Waals surface area contributed by atoms with Crippen LogP contribution in [0, 0.1) is 0 Å². The third kappa shape index (κ3) is 5.02. The predicted molar refractivity (Wildman–Crippen MR) is 77.1 cm³/mol. The van der Waals surface area contributed by atoms with E-state index in [1.54, 1.807) is 11.8 Å². The molecule has 0 unspecified atom stereocenters. The van der Waals surface area contributed by atoms with Crippen molar-refractivity contribution in [1.82, 2.24) is 9.97 Å². The lowest BCUT2D eigenvalue weighted by molar-refractivity contribution is 0.799. The molecule has 0 fully saturated rings. The summed E-state index contributed by atoms with van der Waals surface area (Å²) in [6.07, 6.45) is 1.81. The Hall–Kier alpha value is 0.01000.